The molecule has 55 heavy (non-hydrogen) atoms. The van der Waals surface area contributed by atoms with Crippen LogP contribution in [0.3, 0.4) is 0 Å². The average molecular weight is 978 g/mol. The Bertz CT molecular complexity index is 2390. The topological polar surface area (TPSA) is 36.9 Å². The van der Waals surface area contributed by atoms with Crippen LogP contribution in [-0.4, -0.2) is 39.0 Å². The zero-order valence-electron chi connectivity index (χ0n) is 31.1. The van der Waals surface area contributed by atoms with Gasteiger partial charge in [0.05, 0.1) is 0 Å². The molecule has 280 valence electrons. The first-order valence-corrected chi connectivity index (χ1v) is 27.0. The van der Waals surface area contributed by atoms with E-state index in [0.29, 0.717) is 15.8 Å². The van der Waals surface area contributed by atoms with Crippen LogP contribution >= 0.6 is 31.3 Å². The second-order valence-electron chi connectivity index (χ2n) is 14.9. The third kappa shape index (κ3) is 5.91. The number of rotatable bonds is 3. The minimum atomic E-state index is -2.68. The van der Waals surface area contributed by atoms with Crippen LogP contribution in [-0.2, 0) is 21.1 Å². The standard InChI is InChI=1S/2C20H13O2P.C6H16P2.Pt/c2*1-5-13-7-3-11-17-19(13)15(9-1)21-23(17)18-12-4-8-14-6-2-10-16(22-23)20(14)18;1-7(2)5-6-8(3)4;/h2*1-12,23H;5-6H2,1-4H3;. The molecule has 2 spiro atoms. The van der Waals surface area contributed by atoms with E-state index in [-0.39, 0.29) is 21.1 Å². The van der Waals surface area contributed by atoms with Crippen molar-refractivity contribution in [3.05, 3.63) is 146 Å². The maximum absolute atomic E-state index is 6.56. The second-order valence-corrected chi connectivity index (χ2v) is 25.5. The second kappa shape index (κ2) is 14.4. The van der Waals surface area contributed by atoms with Crippen LogP contribution in [0.2, 0.25) is 0 Å². The molecule has 0 saturated heterocycles. The van der Waals surface area contributed by atoms with Gasteiger partial charge in [0.25, 0.3) is 0 Å². The van der Waals surface area contributed by atoms with E-state index >= 15 is 0 Å². The van der Waals surface area contributed by atoms with Gasteiger partial charge in [-0.1, -0.05) is 0 Å². The summed E-state index contributed by atoms with van der Waals surface area (Å²) in [7, 11) is -4.59. The normalized spacial score (nSPS) is 16.2. The number of hydrogen-bond acceptors (Lipinski definition) is 4. The van der Waals surface area contributed by atoms with Gasteiger partial charge < -0.3 is 0 Å². The molecule has 0 fully saturated rings. The van der Waals surface area contributed by atoms with Crippen LogP contribution in [0.1, 0.15) is 0 Å². The molecule has 9 heteroatoms. The molecule has 4 heterocycles. The number of hydrogen-bond donors (Lipinski definition) is 0. The molecule has 12 rings (SSSR count). The first-order chi connectivity index (χ1) is 26.4. The Morgan fingerprint density at radius 1 is 0.345 bits per heavy atom. The van der Waals surface area contributed by atoms with E-state index in [9.17, 15) is 0 Å². The predicted octanol–water partition coefficient (Wildman–Crippen LogP) is 11.1. The van der Waals surface area contributed by atoms with Gasteiger partial charge in [-0.05, 0) is 39.0 Å². The summed E-state index contributed by atoms with van der Waals surface area (Å²) < 4.78 is 26.2. The molecule has 8 aromatic rings. The summed E-state index contributed by atoms with van der Waals surface area (Å²) in [5.74, 6) is 3.81. The van der Waals surface area contributed by atoms with Crippen molar-refractivity contribution < 1.29 is 39.2 Å². The fourth-order valence-electron chi connectivity index (χ4n) is 8.45. The van der Waals surface area contributed by atoms with Crippen molar-refractivity contribution >= 4 is 95.6 Å². The minimum absolute atomic E-state index is 0. The van der Waals surface area contributed by atoms with E-state index in [0.717, 1.165) is 23.0 Å². The molecule has 0 radical (unpaired) electrons. The molecule has 0 amide bonds. The van der Waals surface area contributed by atoms with Crippen LogP contribution in [0.4, 0.5) is 0 Å². The summed E-state index contributed by atoms with van der Waals surface area (Å²) in [6, 6.07) is 50.7. The molecule has 0 saturated carbocycles. The molecular formula is C46H42O4P4Pt. The first kappa shape index (κ1) is 37.0. The summed E-state index contributed by atoms with van der Waals surface area (Å²) in [4.78, 5) is 0. The Morgan fingerprint density at radius 2 is 0.564 bits per heavy atom. The zero-order chi connectivity index (χ0) is 36.6. The van der Waals surface area contributed by atoms with Gasteiger partial charge in [-0.25, -0.2) is 0 Å². The molecule has 4 aliphatic rings. The van der Waals surface area contributed by atoms with Gasteiger partial charge in [-0.3, -0.25) is 0 Å². The molecule has 0 N–H and O–H groups in total. The summed E-state index contributed by atoms with van der Waals surface area (Å²) in [5.41, 5.74) is 0. The van der Waals surface area contributed by atoms with Crippen LogP contribution in [0.5, 0.6) is 23.0 Å². The van der Waals surface area contributed by atoms with Gasteiger partial charge in [-0.2, -0.15) is 0 Å². The Morgan fingerprint density at radius 3 is 0.782 bits per heavy atom. The maximum atomic E-state index is 6.56. The first-order valence-electron chi connectivity index (χ1n) is 18.5. The fourth-order valence-corrected chi connectivity index (χ4v) is 18.8. The van der Waals surface area contributed by atoms with Crippen molar-refractivity contribution in [2.24, 2.45) is 0 Å². The van der Waals surface area contributed by atoms with Gasteiger partial charge in [0.15, 0.2) is 0 Å². The van der Waals surface area contributed by atoms with Crippen molar-refractivity contribution in [1.29, 1.82) is 0 Å². The van der Waals surface area contributed by atoms with Gasteiger partial charge in [0, 0.05) is 21.1 Å². The van der Waals surface area contributed by atoms with E-state index in [1.54, 1.807) is 0 Å². The van der Waals surface area contributed by atoms with Gasteiger partial charge in [0.1, 0.15) is 0 Å². The average Bonchev–Trinajstić information content (AvgIpc) is 3.90. The number of benzene rings is 8. The van der Waals surface area contributed by atoms with E-state index in [1.165, 1.54) is 76.6 Å². The van der Waals surface area contributed by atoms with Crippen molar-refractivity contribution in [2.45, 2.75) is 0 Å². The van der Waals surface area contributed by atoms with Crippen molar-refractivity contribution in [1.82, 2.24) is 0 Å². The molecule has 0 unspecified atom stereocenters. The molecule has 4 nitrogen and oxygen atoms in total. The zero-order valence-corrected chi connectivity index (χ0v) is 37.2. The summed E-state index contributed by atoms with van der Waals surface area (Å²) in [6.45, 7) is 9.42. The van der Waals surface area contributed by atoms with Crippen LogP contribution < -0.4 is 39.3 Å². The van der Waals surface area contributed by atoms with Crippen molar-refractivity contribution in [3.63, 3.8) is 0 Å². The van der Waals surface area contributed by atoms with Gasteiger partial charge in [0.2, 0.25) is 0 Å². The Balaban J connectivity index is 0.000000120. The summed E-state index contributed by atoms with van der Waals surface area (Å²) in [5, 5.41) is 14.7. The van der Waals surface area contributed by atoms with Gasteiger partial charge >= 0.3 is 266 Å². The monoisotopic (exact) mass is 977 g/mol. The molecule has 0 aliphatic carbocycles. The molecular weight excluding hydrogens is 935 g/mol. The van der Waals surface area contributed by atoms with Crippen molar-refractivity contribution in [3.8, 4) is 23.0 Å². The van der Waals surface area contributed by atoms with E-state index in [2.05, 4.69) is 172 Å². The van der Waals surface area contributed by atoms with Crippen LogP contribution in [0.25, 0.3) is 43.1 Å². The molecule has 8 aromatic carbocycles. The summed E-state index contributed by atoms with van der Waals surface area (Å²) >= 11 is 0. The fraction of sp³-hybridized carbons (Fsp3) is 0.130. The Hall–Kier alpha value is -3.59. The van der Waals surface area contributed by atoms with Crippen molar-refractivity contribution in [2.75, 3.05) is 39.0 Å². The van der Waals surface area contributed by atoms with Crippen LogP contribution in [0, 0.1) is 0 Å². The molecule has 4 aliphatic heterocycles. The predicted molar refractivity (Wildman–Crippen MR) is 241 cm³/mol. The van der Waals surface area contributed by atoms with E-state index < -0.39 is 15.4 Å². The van der Waals surface area contributed by atoms with E-state index in [1.807, 2.05) is 0 Å². The van der Waals surface area contributed by atoms with Gasteiger partial charge in [-0.15, -0.1) is 15.8 Å². The molecule has 0 bridgehead atoms. The summed E-state index contributed by atoms with van der Waals surface area (Å²) in [6.07, 6.45) is 2.96. The SMILES string of the molecule is CP(C)CCP(C)C.[Pt].c1cc2c3c(cccc3c1)[PH]1(O2)Oc2cccc3cccc1c23.c1cc2c3c(cccc3c1)[PH]1(O2)Oc2cccc3cccc1c23. The third-order valence-electron chi connectivity index (χ3n) is 10.9. The quantitative estimate of drug-likeness (QED) is 0.165. The Kier molecular flexibility index (Phi) is 9.70. The number of fused-ring (bicyclic) bond motifs is 4. The molecule has 0 atom stereocenters. The third-order valence-corrected chi connectivity index (χ3v) is 20.0. The molecule has 0 aromatic heterocycles. The van der Waals surface area contributed by atoms with E-state index in [4.69, 9.17) is 18.1 Å². The van der Waals surface area contributed by atoms with Crippen LogP contribution in [0.15, 0.2) is 146 Å². The Labute approximate surface area is 340 Å².